The van der Waals surface area contributed by atoms with Gasteiger partial charge in [-0.3, -0.25) is 4.79 Å². The van der Waals surface area contributed by atoms with Crippen molar-refractivity contribution in [2.24, 2.45) is 0 Å². The number of halogens is 1. The third kappa shape index (κ3) is 3.77. The Labute approximate surface area is 205 Å². The molecule has 1 unspecified atom stereocenters. The van der Waals surface area contributed by atoms with Gasteiger partial charge in [-0.15, -0.1) is 0 Å². The van der Waals surface area contributed by atoms with Gasteiger partial charge in [0.2, 0.25) is 0 Å². The monoisotopic (exact) mass is 495 g/mol. The standard InChI is InChI=1S/C24H26FN7O4/c1-26-21-7-17(29-23-15(9-28-32(21)23)24(34)30-18-11-36-12-20(18)33)14-8-27-22-13(14)3-2-5-31(22)19-4-6-35-10-16(19)25/h2-3,5,7-9,16,18-20,26,33H,4,6,10-12H2,1H3,(H,30,34)/t16-,18?,19+,20+/m0/s1. The van der Waals surface area contributed by atoms with Crippen molar-refractivity contribution in [3.8, 4) is 22.6 Å². The van der Waals surface area contributed by atoms with E-state index >= 15 is 0 Å². The van der Waals surface area contributed by atoms with Crippen LogP contribution in [0.25, 0.3) is 28.3 Å². The maximum Gasteiger partial charge on any atom is 0.257 e. The fourth-order valence-corrected chi connectivity index (χ4v) is 4.90. The minimum atomic E-state index is -1.11. The molecular weight excluding hydrogens is 469 g/mol. The van der Waals surface area contributed by atoms with E-state index in [0.717, 1.165) is 11.1 Å². The minimum absolute atomic E-state index is 0.0709. The fraction of sp³-hybridized carbons (Fsp3) is 0.417. The first-order valence-electron chi connectivity index (χ1n) is 11.9. The molecule has 0 spiro atoms. The number of carbonyl (C=O) groups is 1. The van der Waals surface area contributed by atoms with Gasteiger partial charge in [0, 0.05) is 43.2 Å². The highest BCUT2D eigenvalue weighted by molar-refractivity contribution is 6.00. The molecule has 11 nitrogen and oxygen atoms in total. The number of carbonyl (C=O) groups excluding carboxylic acids is 1. The Morgan fingerprint density at radius 3 is 2.89 bits per heavy atom. The molecule has 4 aliphatic rings. The van der Waals surface area contributed by atoms with Crippen LogP contribution >= 0.6 is 0 Å². The van der Waals surface area contributed by atoms with Gasteiger partial charge in [0.15, 0.2) is 5.65 Å². The third-order valence-corrected chi connectivity index (χ3v) is 6.83. The van der Waals surface area contributed by atoms with Gasteiger partial charge in [-0.05, 0) is 18.6 Å². The number of nitrogens with one attached hydrogen (secondary N) is 2. The lowest BCUT2D eigenvalue weighted by Gasteiger charge is -2.29. The van der Waals surface area contributed by atoms with Crippen LogP contribution in [-0.2, 0) is 9.47 Å². The number of aliphatic hydroxyl groups is 1. The lowest BCUT2D eigenvalue weighted by molar-refractivity contribution is 0.00346. The Morgan fingerprint density at radius 2 is 2.11 bits per heavy atom. The van der Waals surface area contributed by atoms with Crippen molar-refractivity contribution in [3.63, 3.8) is 0 Å². The maximum atomic E-state index is 14.7. The third-order valence-electron chi connectivity index (χ3n) is 6.83. The van der Waals surface area contributed by atoms with Crippen LogP contribution in [0.3, 0.4) is 0 Å². The van der Waals surface area contributed by atoms with E-state index in [-0.39, 0.29) is 31.4 Å². The molecule has 2 saturated heterocycles. The Bertz CT molecular complexity index is 1390. The van der Waals surface area contributed by atoms with Crippen molar-refractivity contribution in [3.05, 3.63) is 42.4 Å². The Morgan fingerprint density at radius 1 is 1.22 bits per heavy atom. The summed E-state index contributed by atoms with van der Waals surface area (Å²) >= 11 is 0. The number of hydrogen-bond acceptors (Lipinski definition) is 8. The van der Waals surface area contributed by atoms with Gasteiger partial charge in [0.1, 0.15) is 23.4 Å². The molecule has 4 aliphatic heterocycles. The number of amides is 1. The zero-order valence-corrected chi connectivity index (χ0v) is 19.6. The molecule has 0 bridgehead atoms. The first-order valence-corrected chi connectivity index (χ1v) is 11.9. The molecule has 2 aromatic rings. The summed E-state index contributed by atoms with van der Waals surface area (Å²) in [5.41, 5.74) is 2.80. The van der Waals surface area contributed by atoms with E-state index in [1.165, 1.54) is 6.20 Å². The van der Waals surface area contributed by atoms with E-state index in [4.69, 9.17) is 14.5 Å². The summed E-state index contributed by atoms with van der Waals surface area (Å²) in [4.78, 5) is 22.4. The first kappa shape index (κ1) is 22.8. The van der Waals surface area contributed by atoms with Crippen LogP contribution < -0.4 is 10.6 Å². The molecule has 3 N–H and O–H groups in total. The molecule has 188 valence electrons. The zero-order valence-electron chi connectivity index (χ0n) is 19.6. The highest BCUT2D eigenvalue weighted by Crippen LogP contribution is 2.37. The van der Waals surface area contributed by atoms with Gasteiger partial charge < -0.3 is 29.8 Å². The highest BCUT2D eigenvalue weighted by Gasteiger charge is 2.31. The number of alkyl halides is 1. The molecule has 0 saturated carbocycles. The van der Waals surface area contributed by atoms with Crippen LogP contribution in [0.4, 0.5) is 10.2 Å². The van der Waals surface area contributed by atoms with Crippen molar-refractivity contribution in [1.82, 2.24) is 29.5 Å². The van der Waals surface area contributed by atoms with Crippen LogP contribution in [0.5, 0.6) is 0 Å². The Balaban J connectivity index is 1.39. The molecule has 2 aromatic heterocycles. The predicted octanol–water partition coefficient (Wildman–Crippen LogP) is 1.53. The number of aromatic nitrogens is 5. The molecule has 0 aliphatic carbocycles. The summed E-state index contributed by atoms with van der Waals surface area (Å²) in [5.74, 6) is 0.893. The maximum absolute atomic E-state index is 14.7. The summed E-state index contributed by atoms with van der Waals surface area (Å²) in [6.07, 6.45) is 3.70. The number of nitrogens with zero attached hydrogens (tertiary/aromatic N) is 5. The molecule has 0 aromatic carbocycles. The zero-order chi connectivity index (χ0) is 24.8. The van der Waals surface area contributed by atoms with Gasteiger partial charge in [0.05, 0.1) is 49.9 Å². The van der Waals surface area contributed by atoms with E-state index in [1.54, 1.807) is 17.8 Å². The number of ether oxygens (including phenoxy) is 2. The van der Waals surface area contributed by atoms with E-state index in [9.17, 15) is 14.3 Å². The minimum Gasteiger partial charge on any atom is -0.388 e. The van der Waals surface area contributed by atoms with Gasteiger partial charge in [0.25, 0.3) is 5.91 Å². The van der Waals surface area contributed by atoms with Crippen LogP contribution in [0, 0.1) is 0 Å². The molecule has 12 heteroatoms. The normalized spacial score (nSPS) is 24.4. The fourth-order valence-electron chi connectivity index (χ4n) is 4.90. The second-order valence-corrected chi connectivity index (χ2v) is 9.03. The lowest BCUT2D eigenvalue weighted by Crippen LogP contribution is -2.42. The molecule has 36 heavy (non-hydrogen) atoms. The molecule has 6 rings (SSSR count). The topological polar surface area (TPSA) is 128 Å². The van der Waals surface area contributed by atoms with Crippen molar-refractivity contribution in [2.75, 3.05) is 38.8 Å². The average molecular weight is 496 g/mol. The summed E-state index contributed by atoms with van der Waals surface area (Å²) in [7, 11) is 1.76. The van der Waals surface area contributed by atoms with Gasteiger partial charge in [-0.1, -0.05) is 0 Å². The van der Waals surface area contributed by atoms with E-state index in [2.05, 4.69) is 20.7 Å². The average Bonchev–Trinajstić information content (AvgIpc) is 3.62. The summed E-state index contributed by atoms with van der Waals surface area (Å²) < 4.78 is 28.6. The van der Waals surface area contributed by atoms with Gasteiger partial charge in [-0.2, -0.15) is 9.61 Å². The van der Waals surface area contributed by atoms with Crippen LogP contribution in [-0.4, -0.2) is 87.0 Å². The number of fused-ring (bicyclic) bond motifs is 2. The summed E-state index contributed by atoms with van der Waals surface area (Å²) in [6.45, 7) is 0.994. The van der Waals surface area contributed by atoms with Crippen LogP contribution in [0.15, 0.2) is 36.8 Å². The number of hydrogen-bond donors (Lipinski definition) is 3. The predicted molar refractivity (Wildman–Crippen MR) is 128 cm³/mol. The molecular formula is C24H26FN7O4. The van der Waals surface area contributed by atoms with E-state index < -0.39 is 24.2 Å². The summed E-state index contributed by atoms with van der Waals surface area (Å²) in [5, 5.41) is 20.2. The number of aliphatic hydroxyl groups excluding tert-OH is 1. The lowest BCUT2D eigenvalue weighted by atomic mass is 10.0. The van der Waals surface area contributed by atoms with Gasteiger partial charge >= 0.3 is 0 Å². The van der Waals surface area contributed by atoms with Crippen molar-refractivity contribution >= 4 is 17.4 Å². The summed E-state index contributed by atoms with van der Waals surface area (Å²) in [6, 6.07) is 4.78. The Kier molecular flexibility index (Phi) is 5.78. The SMILES string of the molecule is CNc1cc(-c2cnc3n([C@@H]4CCOC[C@@H]4F)cccc2-3)nc2c(C(=O)NC3COC[C@H]3O)cnn12. The molecule has 6 heterocycles. The number of anilines is 1. The first-order chi connectivity index (χ1) is 17.5. The van der Waals surface area contributed by atoms with Crippen molar-refractivity contribution in [2.45, 2.75) is 30.8 Å². The number of pyridine rings is 1. The van der Waals surface area contributed by atoms with Gasteiger partial charge in [-0.25, -0.2) is 14.4 Å². The van der Waals surface area contributed by atoms with E-state index in [0.29, 0.717) is 36.0 Å². The highest BCUT2D eigenvalue weighted by atomic mass is 19.1. The largest absolute Gasteiger partial charge is 0.388 e. The van der Waals surface area contributed by atoms with Crippen molar-refractivity contribution < 1.29 is 23.8 Å². The van der Waals surface area contributed by atoms with Crippen LogP contribution in [0.2, 0.25) is 0 Å². The number of rotatable bonds is 5. The quantitative estimate of drug-likeness (QED) is 0.380. The molecule has 0 radical (unpaired) electrons. The second-order valence-electron chi connectivity index (χ2n) is 9.03. The molecule has 4 atom stereocenters. The van der Waals surface area contributed by atoms with E-state index in [1.807, 2.05) is 29.0 Å². The second kappa shape index (κ2) is 9.12. The molecule has 2 fully saturated rings. The smallest absolute Gasteiger partial charge is 0.257 e. The van der Waals surface area contributed by atoms with Crippen LogP contribution in [0.1, 0.15) is 22.8 Å². The molecule has 1 amide bonds. The Hall–Kier alpha value is -3.61. The van der Waals surface area contributed by atoms with Crippen molar-refractivity contribution in [1.29, 1.82) is 0 Å².